The summed E-state index contributed by atoms with van der Waals surface area (Å²) in [6.45, 7) is 11.9. The molecule has 1 unspecified atom stereocenters. The number of ether oxygens (including phenoxy) is 1. The fourth-order valence-electron chi connectivity index (χ4n) is 2.94. The van der Waals surface area contributed by atoms with E-state index in [1.54, 1.807) is 7.11 Å². The Morgan fingerprint density at radius 2 is 2.00 bits per heavy atom. The number of aliphatic hydroxyl groups excluding tert-OH is 1. The molecule has 1 aromatic rings. The first-order valence-electron chi connectivity index (χ1n) is 10.3. The fourth-order valence-corrected chi connectivity index (χ4v) is 3.07. The topological polar surface area (TPSA) is 60.3 Å². The van der Waals surface area contributed by atoms with Crippen molar-refractivity contribution in [2.45, 2.75) is 46.4 Å². The molecule has 0 amide bonds. The zero-order valence-electron chi connectivity index (χ0n) is 18.4. The molecule has 1 rings (SSSR count). The van der Waals surface area contributed by atoms with Gasteiger partial charge in [-0.25, -0.2) is 0 Å². The van der Waals surface area contributed by atoms with Crippen LogP contribution >= 0.6 is 11.6 Å². The molecule has 0 bridgehead atoms. The molecule has 0 aliphatic rings. The zero-order valence-corrected chi connectivity index (χ0v) is 19.2. The third-order valence-corrected chi connectivity index (χ3v) is 4.67. The lowest BCUT2D eigenvalue weighted by Gasteiger charge is -2.30. The Kier molecular flexibility index (Phi) is 12.8. The molecule has 7 heteroatoms. The first-order valence-corrected chi connectivity index (χ1v) is 10.6. The van der Waals surface area contributed by atoms with Crippen LogP contribution in [-0.2, 0) is 4.74 Å². The van der Waals surface area contributed by atoms with E-state index in [0.29, 0.717) is 13.3 Å². The van der Waals surface area contributed by atoms with Gasteiger partial charge in [-0.15, -0.1) is 0 Å². The number of allylic oxidation sites excluding steroid dienone is 1. The third kappa shape index (κ3) is 9.74. The first-order chi connectivity index (χ1) is 13.9. The van der Waals surface area contributed by atoms with Gasteiger partial charge in [-0.1, -0.05) is 24.6 Å². The van der Waals surface area contributed by atoms with Gasteiger partial charge in [0.2, 0.25) is 0 Å². The summed E-state index contributed by atoms with van der Waals surface area (Å²) in [5, 5.41) is 13.4. The number of nitrogens with zero attached hydrogens (tertiary/aromatic N) is 3. The molecule has 0 aromatic heterocycles. The Morgan fingerprint density at radius 3 is 2.55 bits per heavy atom. The van der Waals surface area contributed by atoms with E-state index in [4.69, 9.17) is 21.3 Å². The lowest BCUT2D eigenvalue weighted by atomic mass is 10.2. The van der Waals surface area contributed by atoms with Gasteiger partial charge in [-0.3, -0.25) is 15.2 Å². The molecule has 0 aliphatic carbocycles. The van der Waals surface area contributed by atoms with Crippen LogP contribution in [0.25, 0.3) is 0 Å². The third-order valence-electron chi connectivity index (χ3n) is 4.42. The molecule has 0 radical (unpaired) electrons. The van der Waals surface area contributed by atoms with Crippen molar-refractivity contribution in [3.05, 3.63) is 41.4 Å². The maximum absolute atomic E-state index is 9.65. The number of anilines is 1. The highest BCUT2D eigenvalue weighted by Crippen LogP contribution is 2.21. The number of hydrogen-bond acceptors (Lipinski definition) is 5. The number of methoxy groups -OCH3 is 1. The molecule has 0 saturated carbocycles. The maximum atomic E-state index is 9.65. The monoisotopic (exact) mass is 424 g/mol. The minimum absolute atomic E-state index is 0.257. The predicted octanol–water partition coefficient (Wildman–Crippen LogP) is 3.75. The van der Waals surface area contributed by atoms with Gasteiger partial charge in [-0.2, -0.15) is 0 Å². The van der Waals surface area contributed by atoms with E-state index in [2.05, 4.69) is 35.9 Å². The second kappa shape index (κ2) is 14.5. The molecule has 0 heterocycles. The zero-order chi connectivity index (χ0) is 21.6. The van der Waals surface area contributed by atoms with Crippen LogP contribution in [0.2, 0.25) is 5.02 Å². The van der Waals surface area contributed by atoms with Gasteiger partial charge in [0.1, 0.15) is 12.1 Å². The van der Waals surface area contributed by atoms with Crippen molar-refractivity contribution in [3.63, 3.8) is 0 Å². The first kappa shape index (κ1) is 25.6. The van der Waals surface area contributed by atoms with Gasteiger partial charge >= 0.3 is 0 Å². The number of halogens is 1. The molecule has 2 N–H and O–H groups in total. The van der Waals surface area contributed by atoms with Crippen LogP contribution in [0.1, 0.15) is 34.1 Å². The Labute approximate surface area is 181 Å². The SMILES string of the molecule is C/C=C/C(=N/CN(CC)CCCNC(O)COC)N(c1ccc(Cl)cc1)C(C)C. The Hall–Kier alpha value is -1.44. The number of hydrogen-bond donors (Lipinski definition) is 2. The normalized spacial score (nSPS) is 13.6. The fraction of sp³-hybridized carbons (Fsp3) is 0.591. The van der Waals surface area contributed by atoms with E-state index in [0.717, 1.165) is 42.6 Å². The molecule has 0 aliphatic heterocycles. The summed E-state index contributed by atoms with van der Waals surface area (Å²) in [6.07, 6.45) is 4.37. The molecule has 29 heavy (non-hydrogen) atoms. The minimum atomic E-state index is -0.617. The predicted molar refractivity (Wildman–Crippen MR) is 124 cm³/mol. The number of aliphatic hydroxyl groups is 1. The van der Waals surface area contributed by atoms with Gasteiger partial charge in [0.25, 0.3) is 0 Å². The summed E-state index contributed by atoms with van der Waals surface area (Å²) in [7, 11) is 1.58. The highest BCUT2D eigenvalue weighted by Gasteiger charge is 2.15. The summed E-state index contributed by atoms with van der Waals surface area (Å²) < 4.78 is 4.92. The molecule has 6 nitrogen and oxygen atoms in total. The van der Waals surface area contributed by atoms with Crippen molar-refractivity contribution in [3.8, 4) is 0 Å². The smallest absolute Gasteiger partial charge is 0.129 e. The molecule has 164 valence electrons. The van der Waals surface area contributed by atoms with Crippen LogP contribution < -0.4 is 10.2 Å². The van der Waals surface area contributed by atoms with Gasteiger partial charge in [0.15, 0.2) is 0 Å². The van der Waals surface area contributed by atoms with Gasteiger partial charge < -0.3 is 14.7 Å². The average molecular weight is 425 g/mol. The van der Waals surface area contributed by atoms with Crippen LogP contribution in [0.3, 0.4) is 0 Å². The van der Waals surface area contributed by atoms with E-state index < -0.39 is 6.23 Å². The van der Waals surface area contributed by atoms with Crippen LogP contribution in [0.5, 0.6) is 0 Å². The second-order valence-electron chi connectivity index (χ2n) is 7.09. The number of nitrogens with one attached hydrogen (secondary N) is 1. The van der Waals surface area contributed by atoms with Crippen molar-refractivity contribution >= 4 is 23.1 Å². The number of benzene rings is 1. The van der Waals surface area contributed by atoms with Crippen molar-refractivity contribution < 1.29 is 9.84 Å². The molecule has 0 spiro atoms. The minimum Gasteiger partial charge on any atom is -0.381 e. The second-order valence-corrected chi connectivity index (χ2v) is 7.52. The van der Waals surface area contributed by atoms with E-state index >= 15 is 0 Å². The average Bonchev–Trinajstić information content (AvgIpc) is 2.69. The summed E-state index contributed by atoms with van der Waals surface area (Å²) in [5.74, 6) is 0.928. The largest absolute Gasteiger partial charge is 0.381 e. The van der Waals surface area contributed by atoms with Crippen LogP contribution in [0.4, 0.5) is 5.69 Å². The Morgan fingerprint density at radius 1 is 1.31 bits per heavy atom. The van der Waals surface area contributed by atoms with Crippen molar-refractivity contribution in [1.29, 1.82) is 0 Å². The van der Waals surface area contributed by atoms with E-state index in [1.807, 2.05) is 43.3 Å². The van der Waals surface area contributed by atoms with Crippen molar-refractivity contribution in [1.82, 2.24) is 10.2 Å². The summed E-state index contributed by atoms with van der Waals surface area (Å²) in [6, 6.07) is 8.12. The van der Waals surface area contributed by atoms with Gasteiger partial charge in [-0.05, 0) is 70.6 Å². The van der Waals surface area contributed by atoms with E-state index in [9.17, 15) is 5.11 Å². The molecular formula is C22H37ClN4O2. The number of rotatable bonds is 13. The number of amidine groups is 1. The molecule has 0 fully saturated rings. The quantitative estimate of drug-likeness (QED) is 0.218. The summed E-state index contributed by atoms with van der Waals surface area (Å²) in [5.41, 5.74) is 1.07. The van der Waals surface area contributed by atoms with Gasteiger partial charge in [0.05, 0.1) is 13.3 Å². The van der Waals surface area contributed by atoms with E-state index in [1.165, 1.54) is 0 Å². The van der Waals surface area contributed by atoms with Gasteiger partial charge in [0, 0.05) is 30.4 Å². The molecule has 1 aromatic carbocycles. The maximum Gasteiger partial charge on any atom is 0.129 e. The molecule has 1 atom stereocenters. The lowest BCUT2D eigenvalue weighted by Crippen LogP contribution is -2.38. The van der Waals surface area contributed by atoms with Crippen LogP contribution in [0, 0.1) is 0 Å². The molecule has 0 saturated heterocycles. The standard InChI is InChI=1S/C22H37ClN4O2/c1-6-9-21(27(18(3)4)20-12-10-19(23)11-13-20)25-17-26(7-2)15-8-14-24-22(28)16-29-5/h6,9-13,18,22,24,28H,7-8,14-17H2,1-5H3/b9-6+,25-21-. The van der Waals surface area contributed by atoms with Crippen molar-refractivity contribution in [2.75, 3.05) is 44.9 Å². The lowest BCUT2D eigenvalue weighted by molar-refractivity contribution is 0.0421. The van der Waals surface area contributed by atoms with Crippen LogP contribution in [0.15, 0.2) is 41.4 Å². The summed E-state index contributed by atoms with van der Waals surface area (Å²) in [4.78, 5) is 9.41. The van der Waals surface area contributed by atoms with E-state index in [-0.39, 0.29) is 6.04 Å². The Bertz CT molecular complexity index is 620. The highest BCUT2D eigenvalue weighted by molar-refractivity contribution is 6.30. The molecular weight excluding hydrogens is 388 g/mol. The summed E-state index contributed by atoms with van der Waals surface area (Å²) >= 11 is 6.06. The van der Waals surface area contributed by atoms with Crippen molar-refractivity contribution in [2.24, 2.45) is 4.99 Å². The highest BCUT2D eigenvalue weighted by atomic mass is 35.5. The number of aliphatic imine (C=N–C) groups is 1. The Balaban J connectivity index is 2.77. The van der Waals surface area contributed by atoms with Crippen LogP contribution in [-0.4, -0.2) is 68.1 Å².